The number of fused-ring (bicyclic) bond motifs is 1. The number of nitrogens with zero attached hydrogens (tertiary/aromatic N) is 1. The Kier molecular flexibility index (Phi) is 6.72. The molecule has 1 aliphatic rings. The van der Waals surface area contributed by atoms with Gasteiger partial charge in [-0.25, -0.2) is 0 Å². The van der Waals surface area contributed by atoms with Crippen LogP contribution in [0.15, 0.2) is 57.9 Å². The van der Waals surface area contributed by atoms with Crippen LogP contribution < -0.4 is 14.9 Å². The van der Waals surface area contributed by atoms with Crippen LogP contribution >= 0.6 is 0 Å². The van der Waals surface area contributed by atoms with Crippen molar-refractivity contribution in [3.8, 4) is 22.6 Å². The zero-order chi connectivity index (χ0) is 22.6. The normalized spacial score (nSPS) is 15.1. The molecule has 0 unspecified atom stereocenters. The van der Waals surface area contributed by atoms with E-state index < -0.39 is 6.11 Å². The topological polar surface area (TPSA) is 61.1 Å². The lowest BCUT2D eigenvalue weighted by Gasteiger charge is -2.26. The number of morpholine rings is 1. The van der Waals surface area contributed by atoms with E-state index in [0.29, 0.717) is 41.4 Å². The van der Waals surface area contributed by atoms with Crippen molar-refractivity contribution >= 4 is 11.0 Å². The van der Waals surface area contributed by atoms with Gasteiger partial charge in [0.2, 0.25) is 0 Å². The Labute approximate surface area is 184 Å². The molecule has 3 aromatic rings. The molecule has 8 heteroatoms. The van der Waals surface area contributed by atoms with E-state index in [1.807, 2.05) is 0 Å². The predicted octanol–water partition coefficient (Wildman–Crippen LogP) is 4.55. The first kappa shape index (κ1) is 22.2. The lowest BCUT2D eigenvalue weighted by Crippen LogP contribution is -2.37. The van der Waals surface area contributed by atoms with E-state index in [-0.39, 0.29) is 11.2 Å². The largest absolute Gasteiger partial charge is 0.493 e. The van der Waals surface area contributed by atoms with Gasteiger partial charge in [-0.1, -0.05) is 12.1 Å². The average molecular weight is 445 g/mol. The predicted molar refractivity (Wildman–Crippen MR) is 117 cm³/mol. The molecule has 1 saturated heterocycles. The van der Waals surface area contributed by atoms with Crippen LogP contribution in [0.1, 0.15) is 13.3 Å². The third-order valence-electron chi connectivity index (χ3n) is 5.20. The number of hydrogen-bond acceptors (Lipinski definition) is 6. The Morgan fingerprint density at radius 1 is 1.06 bits per heavy atom. The summed E-state index contributed by atoms with van der Waals surface area (Å²) in [7, 11) is 0. The van der Waals surface area contributed by atoms with Crippen LogP contribution in [0.3, 0.4) is 0 Å². The molecule has 4 rings (SSSR count). The fourth-order valence-electron chi connectivity index (χ4n) is 3.61. The van der Waals surface area contributed by atoms with Gasteiger partial charge in [-0.15, -0.1) is 0 Å². The molecule has 0 atom stereocenters. The Hall–Kier alpha value is -2.97. The Morgan fingerprint density at radius 2 is 1.78 bits per heavy atom. The fraction of sp³-hybridized carbons (Fsp3) is 0.375. The van der Waals surface area contributed by atoms with Crippen molar-refractivity contribution in [1.29, 1.82) is 0 Å². The highest BCUT2D eigenvalue weighted by Gasteiger charge is 2.23. The molecule has 2 aromatic carbocycles. The lowest BCUT2D eigenvalue weighted by molar-refractivity contribution is -0.158. The Morgan fingerprint density at radius 3 is 2.50 bits per heavy atom. The summed E-state index contributed by atoms with van der Waals surface area (Å²) in [4.78, 5) is 15.3. The van der Waals surface area contributed by atoms with Gasteiger partial charge in [0.05, 0.1) is 30.8 Å². The summed E-state index contributed by atoms with van der Waals surface area (Å²) in [5.74, 6) is 0.652. The molecule has 0 saturated carbocycles. The molecular weight excluding hydrogens is 420 g/mol. The molecular formula is C24H25F2NO5. The SMILES string of the molecule is CC(F)(F)Oc1ccc(-c2coc3cc(OCCCN4CCOCC4)ccc3c2=O)cc1. The quantitative estimate of drug-likeness (QED) is 0.474. The molecule has 1 aromatic heterocycles. The highest BCUT2D eigenvalue weighted by molar-refractivity contribution is 5.82. The number of ether oxygens (including phenoxy) is 3. The zero-order valence-electron chi connectivity index (χ0n) is 17.8. The Balaban J connectivity index is 1.42. The first-order valence-corrected chi connectivity index (χ1v) is 10.5. The van der Waals surface area contributed by atoms with Crippen molar-refractivity contribution in [2.24, 2.45) is 0 Å². The molecule has 0 aliphatic carbocycles. The van der Waals surface area contributed by atoms with E-state index >= 15 is 0 Å². The maximum absolute atomic E-state index is 13.0. The minimum atomic E-state index is -3.27. The van der Waals surface area contributed by atoms with Crippen LogP contribution in [0.4, 0.5) is 8.78 Å². The molecule has 1 fully saturated rings. The standard InChI is InChI=1S/C24H25F2NO5/c1-24(25,26)32-18-5-3-17(4-6-18)21-16-31-22-15-19(7-8-20(22)23(21)28)30-12-2-9-27-10-13-29-14-11-27/h3-8,15-16H,2,9-14H2,1H3. The maximum atomic E-state index is 13.0. The second kappa shape index (κ2) is 9.67. The van der Waals surface area contributed by atoms with Crippen molar-refractivity contribution in [1.82, 2.24) is 4.90 Å². The summed E-state index contributed by atoms with van der Waals surface area (Å²) >= 11 is 0. The number of benzene rings is 2. The minimum absolute atomic E-state index is 0.0156. The summed E-state index contributed by atoms with van der Waals surface area (Å²) in [6.07, 6.45) is -1.01. The number of alkyl halides is 2. The molecule has 0 amide bonds. The van der Waals surface area contributed by atoms with Gasteiger partial charge in [-0.05, 0) is 36.2 Å². The van der Waals surface area contributed by atoms with Gasteiger partial charge in [0, 0.05) is 32.6 Å². The monoisotopic (exact) mass is 445 g/mol. The van der Waals surface area contributed by atoms with Crippen molar-refractivity contribution in [2.45, 2.75) is 19.5 Å². The van der Waals surface area contributed by atoms with Crippen LogP contribution in [0, 0.1) is 0 Å². The van der Waals surface area contributed by atoms with Crippen LogP contribution in [0.2, 0.25) is 0 Å². The van der Waals surface area contributed by atoms with Crippen LogP contribution in [0.5, 0.6) is 11.5 Å². The summed E-state index contributed by atoms with van der Waals surface area (Å²) in [5, 5.41) is 0.420. The number of halogens is 2. The van der Waals surface area contributed by atoms with Crippen LogP contribution in [-0.4, -0.2) is 50.5 Å². The van der Waals surface area contributed by atoms with Crippen LogP contribution in [-0.2, 0) is 4.74 Å². The van der Waals surface area contributed by atoms with Gasteiger partial charge in [-0.2, -0.15) is 8.78 Å². The smallest absolute Gasteiger partial charge is 0.394 e. The summed E-state index contributed by atoms with van der Waals surface area (Å²) in [6.45, 7) is 5.64. The van der Waals surface area contributed by atoms with Gasteiger partial charge < -0.3 is 18.6 Å². The maximum Gasteiger partial charge on any atom is 0.394 e. The first-order chi connectivity index (χ1) is 15.4. The van der Waals surface area contributed by atoms with E-state index in [2.05, 4.69) is 9.64 Å². The molecule has 0 N–H and O–H groups in total. The van der Waals surface area contributed by atoms with E-state index in [9.17, 15) is 13.6 Å². The van der Waals surface area contributed by atoms with E-state index in [1.165, 1.54) is 18.4 Å². The van der Waals surface area contributed by atoms with E-state index in [4.69, 9.17) is 13.9 Å². The zero-order valence-corrected chi connectivity index (χ0v) is 17.8. The summed E-state index contributed by atoms with van der Waals surface area (Å²) in [5.41, 5.74) is 1.11. The first-order valence-electron chi connectivity index (χ1n) is 10.5. The van der Waals surface area contributed by atoms with E-state index in [0.717, 1.165) is 39.3 Å². The average Bonchev–Trinajstić information content (AvgIpc) is 2.77. The lowest BCUT2D eigenvalue weighted by atomic mass is 10.1. The molecule has 170 valence electrons. The third-order valence-corrected chi connectivity index (χ3v) is 5.20. The second-order valence-corrected chi connectivity index (χ2v) is 7.73. The molecule has 1 aliphatic heterocycles. The van der Waals surface area contributed by atoms with Gasteiger partial charge in [0.1, 0.15) is 23.3 Å². The molecule has 32 heavy (non-hydrogen) atoms. The summed E-state index contributed by atoms with van der Waals surface area (Å²) < 4.78 is 47.3. The van der Waals surface area contributed by atoms with Crippen molar-refractivity contribution in [3.05, 3.63) is 59.0 Å². The molecule has 0 spiro atoms. The van der Waals surface area contributed by atoms with Gasteiger partial charge in [0.25, 0.3) is 0 Å². The molecule has 2 heterocycles. The molecule has 0 bridgehead atoms. The summed E-state index contributed by atoms with van der Waals surface area (Å²) in [6, 6.07) is 11.0. The highest BCUT2D eigenvalue weighted by Crippen LogP contribution is 2.26. The fourth-order valence-corrected chi connectivity index (χ4v) is 3.61. The molecule has 0 radical (unpaired) electrons. The van der Waals surface area contributed by atoms with Gasteiger partial charge in [0.15, 0.2) is 5.43 Å². The second-order valence-electron chi connectivity index (χ2n) is 7.73. The van der Waals surface area contributed by atoms with Gasteiger partial charge in [-0.3, -0.25) is 9.69 Å². The number of hydrogen-bond donors (Lipinski definition) is 0. The highest BCUT2D eigenvalue weighted by atomic mass is 19.3. The van der Waals surface area contributed by atoms with Crippen molar-refractivity contribution in [2.75, 3.05) is 39.5 Å². The minimum Gasteiger partial charge on any atom is -0.493 e. The van der Waals surface area contributed by atoms with Crippen molar-refractivity contribution < 1.29 is 27.4 Å². The Bertz CT molecular complexity index is 1100. The number of rotatable bonds is 8. The van der Waals surface area contributed by atoms with E-state index in [1.54, 1.807) is 30.3 Å². The molecule has 6 nitrogen and oxygen atoms in total. The van der Waals surface area contributed by atoms with Crippen LogP contribution in [0.25, 0.3) is 22.1 Å². The van der Waals surface area contributed by atoms with Crippen molar-refractivity contribution in [3.63, 3.8) is 0 Å². The van der Waals surface area contributed by atoms with Gasteiger partial charge >= 0.3 is 6.11 Å². The third kappa shape index (κ3) is 5.63.